The second-order valence-corrected chi connectivity index (χ2v) is 5.61. The van der Waals surface area contributed by atoms with E-state index in [0.29, 0.717) is 0 Å². The topological polar surface area (TPSA) is 111 Å². The Morgan fingerprint density at radius 2 is 0.714 bits per heavy atom. The van der Waals surface area contributed by atoms with Gasteiger partial charge in [0.1, 0.15) is 0 Å². The van der Waals surface area contributed by atoms with E-state index in [1.807, 2.05) is 0 Å². The van der Waals surface area contributed by atoms with Crippen LogP contribution in [0.4, 0.5) is 0 Å². The largest absolute Gasteiger partial charge is 0.330 e. The normalized spacial score (nSPS) is 11.7. The van der Waals surface area contributed by atoms with E-state index in [0.717, 1.165) is 84.7 Å². The van der Waals surface area contributed by atoms with Gasteiger partial charge in [-0.3, -0.25) is 0 Å². The molecule has 0 radical (unpaired) electrons. The Morgan fingerprint density at radius 1 is 0.381 bits per heavy atom. The van der Waals surface area contributed by atoms with Gasteiger partial charge in [0.15, 0.2) is 0 Å². The van der Waals surface area contributed by atoms with Gasteiger partial charge in [-0.2, -0.15) is 0 Å². The summed E-state index contributed by atoms with van der Waals surface area (Å²) >= 11 is 0. The monoisotopic (exact) mass is 302 g/mol. The van der Waals surface area contributed by atoms with Gasteiger partial charge in [-0.15, -0.1) is 0 Å². The van der Waals surface area contributed by atoms with Crippen molar-refractivity contribution >= 4 is 0 Å². The summed E-state index contributed by atoms with van der Waals surface area (Å²) in [5.41, 5.74) is 22.4. The van der Waals surface area contributed by atoms with E-state index < -0.39 is 0 Å². The molecule has 21 heavy (non-hydrogen) atoms. The molecular weight excluding hydrogens is 264 g/mol. The van der Waals surface area contributed by atoms with E-state index in [4.69, 9.17) is 22.9 Å². The molecule has 128 valence electrons. The maximum Gasteiger partial charge on any atom is 0.0105 e. The molecule has 0 aromatic heterocycles. The second-order valence-electron chi connectivity index (χ2n) is 5.61. The third-order valence-electron chi connectivity index (χ3n) is 3.68. The first-order valence-electron chi connectivity index (χ1n) is 8.53. The first-order chi connectivity index (χ1) is 10.3. The molecule has 0 atom stereocenters. The highest BCUT2D eigenvalue weighted by Gasteiger charge is 2.06. The Labute approximate surface area is 131 Å². The molecule has 0 aliphatic heterocycles. The lowest BCUT2D eigenvalue weighted by molar-refractivity contribution is 0.241. The molecule has 0 aromatic rings. The zero-order valence-electron chi connectivity index (χ0n) is 13.8. The van der Waals surface area contributed by atoms with Crippen LogP contribution in [0.1, 0.15) is 32.1 Å². The van der Waals surface area contributed by atoms with E-state index in [9.17, 15) is 0 Å². The van der Waals surface area contributed by atoms with Crippen LogP contribution in [-0.4, -0.2) is 75.2 Å². The minimum atomic E-state index is 0.726. The van der Waals surface area contributed by atoms with Crippen molar-refractivity contribution in [3.63, 3.8) is 0 Å². The summed E-state index contributed by atoms with van der Waals surface area (Å²) in [5, 5.41) is 0. The summed E-state index contributed by atoms with van der Waals surface area (Å²) in [6.45, 7) is 9.52. The van der Waals surface area contributed by atoms with E-state index >= 15 is 0 Å². The van der Waals surface area contributed by atoms with Crippen molar-refractivity contribution in [1.29, 1.82) is 0 Å². The summed E-state index contributed by atoms with van der Waals surface area (Å²) in [4.78, 5) is 4.92. The molecule has 0 saturated carbocycles. The lowest BCUT2D eigenvalue weighted by Gasteiger charge is -2.24. The molecule has 0 rings (SSSR count). The van der Waals surface area contributed by atoms with Crippen LogP contribution in [0.5, 0.6) is 0 Å². The molecule has 0 aromatic carbocycles. The highest BCUT2D eigenvalue weighted by Crippen LogP contribution is 2.01. The van der Waals surface area contributed by atoms with Crippen LogP contribution in [0.15, 0.2) is 0 Å². The van der Waals surface area contributed by atoms with Crippen molar-refractivity contribution in [3.8, 4) is 0 Å². The minimum absolute atomic E-state index is 0.726. The molecule has 0 saturated heterocycles. The molecule has 0 unspecified atom stereocenters. The summed E-state index contributed by atoms with van der Waals surface area (Å²) < 4.78 is 0. The molecule has 6 nitrogen and oxygen atoms in total. The van der Waals surface area contributed by atoms with Crippen molar-refractivity contribution in [2.24, 2.45) is 22.9 Å². The van der Waals surface area contributed by atoms with Crippen molar-refractivity contribution < 1.29 is 0 Å². The summed E-state index contributed by atoms with van der Waals surface area (Å²) in [6, 6.07) is 0. The number of rotatable bonds is 16. The summed E-state index contributed by atoms with van der Waals surface area (Å²) in [5.74, 6) is 0. The molecule has 6 heteroatoms. The van der Waals surface area contributed by atoms with Gasteiger partial charge >= 0.3 is 0 Å². The van der Waals surface area contributed by atoms with Crippen molar-refractivity contribution in [1.82, 2.24) is 9.80 Å². The fraction of sp³-hybridized carbons (Fsp3) is 1.00. The van der Waals surface area contributed by atoms with Crippen molar-refractivity contribution in [2.75, 3.05) is 65.4 Å². The van der Waals surface area contributed by atoms with Gasteiger partial charge in [-0.1, -0.05) is 0 Å². The van der Waals surface area contributed by atoms with E-state index in [2.05, 4.69) is 9.80 Å². The first kappa shape index (κ1) is 20.8. The van der Waals surface area contributed by atoms with Crippen molar-refractivity contribution in [3.05, 3.63) is 0 Å². The first-order valence-corrected chi connectivity index (χ1v) is 8.53. The molecule has 8 N–H and O–H groups in total. The standard InChI is InChI=1S/C15H38N6/c16-6-3-12-20(13-4-7-17)10-1-2-11-21(15-9-19)14-5-8-18/h1-19H2. The number of hydrogen-bond acceptors (Lipinski definition) is 6. The van der Waals surface area contributed by atoms with Crippen LogP contribution in [0.25, 0.3) is 0 Å². The van der Waals surface area contributed by atoms with Gasteiger partial charge in [0.25, 0.3) is 0 Å². The Morgan fingerprint density at radius 3 is 1.05 bits per heavy atom. The molecule has 0 heterocycles. The number of nitrogens with zero attached hydrogens (tertiary/aromatic N) is 2. The molecule has 0 spiro atoms. The quantitative estimate of drug-likeness (QED) is 0.283. The summed E-state index contributed by atoms with van der Waals surface area (Å²) in [7, 11) is 0. The molecule has 0 aliphatic rings. The number of unbranched alkanes of at least 4 members (excludes halogenated alkanes) is 1. The SMILES string of the molecule is NCCCN(CCN)CCCCN(CCCN)CCCN. The van der Waals surface area contributed by atoms with Gasteiger partial charge in [0, 0.05) is 13.1 Å². The van der Waals surface area contributed by atoms with Crippen LogP contribution < -0.4 is 22.9 Å². The zero-order chi connectivity index (χ0) is 15.8. The zero-order valence-corrected chi connectivity index (χ0v) is 13.8. The summed E-state index contributed by atoms with van der Waals surface area (Å²) in [6.07, 6.45) is 5.63. The highest BCUT2D eigenvalue weighted by atomic mass is 15.1. The molecule has 0 amide bonds. The third-order valence-corrected chi connectivity index (χ3v) is 3.68. The Bertz CT molecular complexity index is 195. The van der Waals surface area contributed by atoms with Gasteiger partial charge in [-0.25, -0.2) is 0 Å². The predicted molar refractivity (Wildman–Crippen MR) is 92.2 cm³/mol. The average Bonchev–Trinajstić information content (AvgIpc) is 2.50. The Kier molecular flexibility index (Phi) is 16.0. The van der Waals surface area contributed by atoms with Crippen LogP contribution >= 0.6 is 0 Å². The van der Waals surface area contributed by atoms with Crippen LogP contribution in [0.2, 0.25) is 0 Å². The fourth-order valence-electron chi connectivity index (χ4n) is 2.47. The fourth-order valence-corrected chi connectivity index (χ4v) is 2.47. The van der Waals surface area contributed by atoms with Crippen molar-refractivity contribution in [2.45, 2.75) is 32.1 Å². The molecule has 0 bridgehead atoms. The Hall–Kier alpha value is -0.240. The van der Waals surface area contributed by atoms with Gasteiger partial charge < -0.3 is 32.7 Å². The van der Waals surface area contributed by atoms with Gasteiger partial charge in [-0.05, 0) is 84.5 Å². The lowest BCUT2D eigenvalue weighted by atomic mass is 10.2. The van der Waals surface area contributed by atoms with Crippen LogP contribution in [-0.2, 0) is 0 Å². The van der Waals surface area contributed by atoms with E-state index in [-0.39, 0.29) is 0 Å². The predicted octanol–water partition coefficient (Wildman–Crippen LogP) is -0.624. The molecule has 0 aliphatic carbocycles. The molecule has 0 fully saturated rings. The number of hydrogen-bond donors (Lipinski definition) is 4. The highest BCUT2D eigenvalue weighted by molar-refractivity contribution is 4.63. The van der Waals surface area contributed by atoms with Gasteiger partial charge in [0.2, 0.25) is 0 Å². The molecular formula is C15H38N6. The van der Waals surface area contributed by atoms with Gasteiger partial charge in [0.05, 0.1) is 0 Å². The van der Waals surface area contributed by atoms with Crippen LogP contribution in [0, 0.1) is 0 Å². The third kappa shape index (κ3) is 13.2. The maximum atomic E-state index is 5.66. The second kappa shape index (κ2) is 16.1. The minimum Gasteiger partial charge on any atom is -0.330 e. The Balaban J connectivity index is 3.82. The lowest BCUT2D eigenvalue weighted by Crippen LogP contribution is -2.33. The van der Waals surface area contributed by atoms with Crippen LogP contribution in [0.3, 0.4) is 0 Å². The smallest absolute Gasteiger partial charge is 0.0105 e. The number of nitrogens with two attached hydrogens (primary N) is 4. The average molecular weight is 303 g/mol. The van der Waals surface area contributed by atoms with E-state index in [1.165, 1.54) is 12.8 Å². The van der Waals surface area contributed by atoms with E-state index in [1.54, 1.807) is 0 Å². The maximum absolute atomic E-state index is 5.66.